The molecule has 0 bridgehead atoms. The fraction of sp³-hybridized carbons (Fsp3) is 0.588. The highest BCUT2D eigenvalue weighted by Crippen LogP contribution is 2.28. The van der Waals surface area contributed by atoms with Crippen LogP contribution in [-0.4, -0.2) is 4.98 Å². The van der Waals surface area contributed by atoms with Crippen molar-refractivity contribution >= 4 is 22.7 Å². The number of oxazole rings is 1. The quantitative estimate of drug-likeness (QED) is 0.488. The molecule has 1 atom stereocenters. The Labute approximate surface area is 130 Å². The zero-order valence-corrected chi connectivity index (χ0v) is 13.4. The Morgan fingerprint density at radius 2 is 1.86 bits per heavy atom. The van der Waals surface area contributed by atoms with E-state index in [2.05, 4.69) is 11.9 Å². The predicted molar refractivity (Wildman–Crippen MR) is 88.0 cm³/mol. The first-order chi connectivity index (χ1) is 10.2. The Kier molecular flexibility index (Phi) is 6.37. The molecule has 2 rings (SSSR count). The van der Waals surface area contributed by atoms with Crippen molar-refractivity contribution in [2.24, 2.45) is 0 Å². The Hall–Kier alpha value is -1.22. The summed E-state index contributed by atoms with van der Waals surface area (Å²) in [5, 5.41) is -0.00903. The highest BCUT2D eigenvalue weighted by atomic mass is 35.5. The number of unbranched alkanes of at least 4 members (excludes halogenated alkanes) is 6. The lowest BCUT2D eigenvalue weighted by atomic mass is 10.0. The molecule has 0 fully saturated rings. The molecule has 0 spiro atoms. The Bertz CT molecular complexity index is 602. The van der Waals surface area contributed by atoms with Crippen molar-refractivity contribution in [3.8, 4) is 0 Å². The number of aromatic amines is 1. The van der Waals surface area contributed by atoms with Gasteiger partial charge in [0.05, 0.1) is 10.9 Å². The highest BCUT2D eigenvalue weighted by Gasteiger charge is 2.10. The molecule has 0 amide bonds. The van der Waals surface area contributed by atoms with Crippen LogP contribution >= 0.6 is 11.6 Å². The minimum atomic E-state index is -0.416. The van der Waals surface area contributed by atoms with E-state index in [0.717, 1.165) is 23.9 Å². The molecule has 1 aromatic heterocycles. The highest BCUT2D eigenvalue weighted by molar-refractivity contribution is 6.20. The van der Waals surface area contributed by atoms with Gasteiger partial charge in [-0.05, 0) is 24.1 Å². The standard InChI is InChI=1S/C17H24ClNO2/c1-2-3-4-5-6-7-8-9-14(18)13-10-11-15-16(12-13)21-17(20)19-15/h10-12,14H,2-9H2,1H3,(H,19,20). The summed E-state index contributed by atoms with van der Waals surface area (Å²) in [6.07, 6.45) is 9.99. The van der Waals surface area contributed by atoms with E-state index in [0.29, 0.717) is 5.58 Å². The maximum absolute atomic E-state index is 11.1. The molecule has 1 N–H and O–H groups in total. The Morgan fingerprint density at radius 1 is 1.14 bits per heavy atom. The molecular weight excluding hydrogens is 286 g/mol. The van der Waals surface area contributed by atoms with Gasteiger partial charge in [0.2, 0.25) is 0 Å². The van der Waals surface area contributed by atoms with E-state index in [4.69, 9.17) is 16.0 Å². The summed E-state index contributed by atoms with van der Waals surface area (Å²) in [5.74, 6) is -0.416. The molecule has 1 aromatic carbocycles. The van der Waals surface area contributed by atoms with E-state index in [9.17, 15) is 4.79 Å². The molecular formula is C17H24ClNO2. The molecule has 3 nitrogen and oxygen atoms in total. The van der Waals surface area contributed by atoms with Crippen molar-refractivity contribution in [3.63, 3.8) is 0 Å². The number of fused-ring (bicyclic) bond motifs is 1. The van der Waals surface area contributed by atoms with E-state index >= 15 is 0 Å². The normalized spacial score (nSPS) is 12.9. The van der Waals surface area contributed by atoms with Crippen LogP contribution in [0.2, 0.25) is 0 Å². The van der Waals surface area contributed by atoms with Gasteiger partial charge in [0.25, 0.3) is 0 Å². The molecule has 0 aliphatic heterocycles. The molecule has 1 unspecified atom stereocenters. The minimum absolute atomic E-state index is 0.00903. The Morgan fingerprint density at radius 3 is 2.62 bits per heavy atom. The van der Waals surface area contributed by atoms with Crippen molar-refractivity contribution < 1.29 is 4.42 Å². The fourth-order valence-corrected chi connectivity index (χ4v) is 2.89. The molecule has 0 aliphatic rings. The summed E-state index contributed by atoms with van der Waals surface area (Å²) in [7, 11) is 0. The van der Waals surface area contributed by atoms with Gasteiger partial charge in [-0.1, -0.05) is 57.9 Å². The first-order valence-electron chi connectivity index (χ1n) is 7.97. The average molecular weight is 310 g/mol. The fourth-order valence-electron chi connectivity index (χ4n) is 2.60. The predicted octanol–water partition coefficient (Wildman–Crippen LogP) is 5.54. The van der Waals surface area contributed by atoms with Crippen molar-refractivity contribution in [3.05, 3.63) is 34.3 Å². The van der Waals surface area contributed by atoms with Crippen LogP contribution in [0.5, 0.6) is 0 Å². The lowest BCUT2D eigenvalue weighted by Gasteiger charge is -2.09. The molecule has 4 heteroatoms. The summed E-state index contributed by atoms with van der Waals surface area (Å²) in [6.45, 7) is 2.24. The van der Waals surface area contributed by atoms with Crippen LogP contribution in [0.3, 0.4) is 0 Å². The minimum Gasteiger partial charge on any atom is -0.408 e. The first kappa shape index (κ1) is 16.2. The number of H-pyrrole nitrogens is 1. The monoisotopic (exact) mass is 309 g/mol. The van der Waals surface area contributed by atoms with E-state index in [-0.39, 0.29) is 5.38 Å². The largest absolute Gasteiger partial charge is 0.417 e. The van der Waals surface area contributed by atoms with Crippen LogP contribution in [0.1, 0.15) is 69.2 Å². The van der Waals surface area contributed by atoms with E-state index < -0.39 is 5.76 Å². The molecule has 21 heavy (non-hydrogen) atoms. The lowest BCUT2D eigenvalue weighted by molar-refractivity contribution is 0.554. The van der Waals surface area contributed by atoms with Crippen molar-refractivity contribution in [1.82, 2.24) is 4.98 Å². The van der Waals surface area contributed by atoms with E-state index in [1.807, 2.05) is 18.2 Å². The number of rotatable bonds is 9. The topological polar surface area (TPSA) is 46.0 Å². The SMILES string of the molecule is CCCCCCCCCC(Cl)c1ccc2[nH]c(=O)oc2c1. The van der Waals surface area contributed by atoms with Crippen LogP contribution in [0.4, 0.5) is 0 Å². The van der Waals surface area contributed by atoms with Crippen molar-refractivity contribution in [2.45, 2.75) is 63.7 Å². The summed E-state index contributed by atoms with van der Waals surface area (Å²) < 4.78 is 5.07. The molecule has 1 heterocycles. The number of alkyl halides is 1. The third-order valence-corrected chi connectivity index (χ3v) is 4.34. The van der Waals surface area contributed by atoms with Crippen LogP contribution in [0, 0.1) is 0 Å². The van der Waals surface area contributed by atoms with Gasteiger partial charge in [0.1, 0.15) is 0 Å². The number of aromatic nitrogens is 1. The number of nitrogens with one attached hydrogen (secondary N) is 1. The molecule has 0 radical (unpaired) electrons. The molecule has 2 aromatic rings. The first-order valence-corrected chi connectivity index (χ1v) is 8.41. The Balaban J connectivity index is 1.76. The number of hydrogen-bond donors (Lipinski definition) is 1. The molecule has 0 saturated heterocycles. The number of benzene rings is 1. The number of halogens is 1. The second-order valence-corrected chi connectivity index (χ2v) is 6.17. The third kappa shape index (κ3) is 4.92. The third-order valence-electron chi connectivity index (χ3n) is 3.87. The van der Waals surface area contributed by atoms with Gasteiger partial charge in [-0.2, -0.15) is 0 Å². The van der Waals surface area contributed by atoms with Gasteiger partial charge in [-0.15, -0.1) is 11.6 Å². The smallest absolute Gasteiger partial charge is 0.408 e. The zero-order valence-electron chi connectivity index (χ0n) is 12.7. The summed E-state index contributed by atoms with van der Waals surface area (Å²) in [5.41, 5.74) is 2.34. The van der Waals surface area contributed by atoms with Gasteiger partial charge in [-0.3, -0.25) is 4.98 Å². The second-order valence-electron chi connectivity index (χ2n) is 5.65. The van der Waals surface area contributed by atoms with Crippen LogP contribution in [0.15, 0.2) is 27.4 Å². The van der Waals surface area contributed by atoms with Crippen molar-refractivity contribution in [2.75, 3.05) is 0 Å². The van der Waals surface area contributed by atoms with Gasteiger partial charge >= 0.3 is 5.76 Å². The zero-order chi connectivity index (χ0) is 15.1. The second kappa shape index (κ2) is 8.28. The number of hydrogen-bond acceptors (Lipinski definition) is 2. The summed E-state index contributed by atoms with van der Waals surface area (Å²) in [6, 6.07) is 5.69. The molecule has 116 valence electrons. The lowest BCUT2D eigenvalue weighted by Crippen LogP contribution is -1.92. The molecule has 0 saturated carbocycles. The summed E-state index contributed by atoms with van der Waals surface area (Å²) in [4.78, 5) is 13.8. The van der Waals surface area contributed by atoms with Gasteiger partial charge in [0, 0.05) is 0 Å². The van der Waals surface area contributed by atoms with Crippen LogP contribution < -0.4 is 5.76 Å². The maximum atomic E-state index is 11.1. The maximum Gasteiger partial charge on any atom is 0.417 e. The van der Waals surface area contributed by atoms with Gasteiger partial charge in [0.15, 0.2) is 5.58 Å². The summed E-state index contributed by atoms with van der Waals surface area (Å²) >= 11 is 6.45. The van der Waals surface area contributed by atoms with Gasteiger partial charge in [-0.25, -0.2) is 4.79 Å². The molecule has 0 aliphatic carbocycles. The van der Waals surface area contributed by atoms with Crippen LogP contribution in [-0.2, 0) is 0 Å². The van der Waals surface area contributed by atoms with Gasteiger partial charge < -0.3 is 4.42 Å². The van der Waals surface area contributed by atoms with Crippen molar-refractivity contribution in [1.29, 1.82) is 0 Å². The van der Waals surface area contributed by atoms with Crippen LogP contribution in [0.25, 0.3) is 11.1 Å². The van der Waals surface area contributed by atoms with E-state index in [1.54, 1.807) is 0 Å². The average Bonchev–Trinajstić information content (AvgIpc) is 2.85. The van der Waals surface area contributed by atoms with E-state index in [1.165, 1.54) is 38.5 Å².